The molecular formula is C25H30FN5O2. The highest BCUT2D eigenvalue weighted by Gasteiger charge is 2.32. The minimum absolute atomic E-state index is 0.00232. The first-order valence-electron chi connectivity index (χ1n) is 11.8. The molecule has 1 N–H and O–H groups in total. The smallest absolute Gasteiger partial charge is 0.354 e. The number of aromatic carboxylic acids is 1. The van der Waals surface area contributed by atoms with Gasteiger partial charge in [0.1, 0.15) is 5.82 Å². The van der Waals surface area contributed by atoms with E-state index in [1.165, 1.54) is 31.4 Å². The van der Waals surface area contributed by atoms with Gasteiger partial charge in [0.2, 0.25) is 0 Å². The summed E-state index contributed by atoms with van der Waals surface area (Å²) >= 11 is 0. The number of carboxylic acids is 1. The first kappa shape index (κ1) is 21.8. The molecule has 0 amide bonds. The number of halogens is 1. The number of anilines is 1. The quantitative estimate of drug-likeness (QED) is 0.618. The molecule has 7 nitrogen and oxygen atoms in total. The normalized spacial score (nSPS) is 19.6. The highest BCUT2D eigenvalue weighted by atomic mass is 19.1. The van der Waals surface area contributed by atoms with E-state index < -0.39 is 5.97 Å². The number of hydrogen-bond acceptors (Lipinski definition) is 5. The van der Waals surface area contributed by atoms with Gasteiger partial charge >= 0.3 is 5.97 Å². The molecule has 0 bridgehead atoms. The molecule has 33 heavy (non-hydrogen) atoms. The molecule has 0 aliphatic carbocycles. The summed E-state index contributed by atoms with van der Waals surface area (Å²) in [6.07, 6.45) is 4.87. The molecule has 0 unspecified atom stereocenters. The van der Waals surface area contributed by atoms with Crippen LogP contribution < -0.4 is 4.90 Å². The average Bonchev–Trinajstić information content (AvgIpc) is 3.45. The fourth-order valence-electron chi connectivity index (χ4n) is 5.19. The summed E-state index contributed by atoms with van der Waals surface area (Å²) in [5.41, 5.74) is 2.91. The second-order valence-corrected chi connectivity index (χ2v) is 9.44. The van der Waals surface area contributed by atoms with Gasteiger partial charge in [-0.3, -0.25) is 4.90 Å². The van der Waals surface area contributed by atoms with Crippen molar-refractivity contribution in [3.8, 4) is 5.69 Å². The van der Waals surface area contributed by atoms with Gasteiger partial charge in [-0.05, 0) is 68.6 Å². The van der Waals surface area contributed by atoms with Crippen molar-refractivity contribution in [2.45, 2.75) is 51.5 Å². The molecule has 3 aromatic rings. The van der Waals surface area contributed by atoms with E-state index in [9.17, 15) is 14.3 Å². The Morgan fingerprint density at radius 1 is 1.12 bits per heavy atom. The zero-order valence-corrected chi connectivity index (χ0v) is 19.2. The summed E-state index contributed by atoms with van der Waals surface area (Å²) in [7, 11) is 0. The average molecular weight is 452 g/mol. The molecule has 174 valence electrons. The molecule has 0 radical (unpaired) electrons. The van der Waals surface area contributed by atoms with Crippen LogP contribution in [0.5, 0.6) is 0 Å². The lowest BCUT2D eigenvalue weighted by molar-refractivity contribution is 0.0691. The summed E-state index contributed by atoms with van der Waals surface area (Å²) in [6, 6.07) is 8.22. The van der Waals surface area contributed by atoms with Crippen molar-refractivity contribution in [3.63, 3.8) is 0 Å². The van der Waals surface area contributed by atoms with Crippen LogP contribution in [-0.4, -0.2) is 63.0 Å². The summed E-state index contributed by atoms with van der Waals surface area (Å²) in [6.45, 7) is 8.18. The number of aromatic nitrogens is 3. The van der Waals surface area contributed by atoms with Crippen molar-refractivity contribution in [1.29, 1.82) is 0 Å². The summed E-state index contributed by atoms with van der Waals surface area (Å²) in [5.74, 6) is -1.28. The van der Waals surface area contributed by atoms with E-state index in [4.69, 9.17) is 5.10 Å². The predicted molar refractivity (Wildman–Crippen MR) is 126 cm³/mol. The van der Waals surface area contributed by atoms with Crippen LogP contribution in [0.2, 0.25) is 0 Å². The molecule has 1 aromatic carbocycles. The van der Waals surface area contributed by atoms with Crippen LogP contribution in [0.15, 0.2) is 30.3 Å². The van der Waals surface area contributed by atoms with Gasteiger partial charge in [-0.25, -0.2) is 18.9 Å². The molecule has 2 fully saturated rings. The Morgan fingerprint density at radius 3 is 2.52 bits per heavy atom. The summed E-state index contributed by atoms with van der Waals surface area (Å²) < 4.78 is 15.2. The molecule has 5 rings (SSSR count). The highest BCUT2D eigenvalue weighted by molar-refractivity contribution is 5.98. The van der Waals surface area contributed by atoms with Gasteiger partial charge in [-0.15, -0.1) is 0 Å². The number of pyridine rings is 1. The number of fused-ring (bicyclic) bond motifs is 1. The summed E-state index contributed by atoms with van der Waals surface area (Å²) in [5, 5.41) is 15.5. The molecule has 4 heterocycles. The first-order chi connectivity index (χ1) is 15.9. The topological polar surface area (TPSA) is 74.5 Å². The van der Waals surface area contributed by atoms with Crippen LogP contribution in [-0.2, 0) is 0 Å². The molecule has 2 aromatic heterocycles. The van der Waals surface area contributed by atoms with E-state index in [2.05, 4.69) is 28.6 Å². The van der Waals surface area contributed by atoms with Crippen molar-refractivity contribution in [1.82, 2.24) is 19.7 Å². The van der Waals surface area contributed by atoms with E-state index in [0.717, 1.165) is 49.4 Å². The number of rotatable bonds is 5. The lowest BCUT2D eigenvalue weighted by Crippen LogP contribution is -2.40. The van der Waals surface area contributed by atoms with Crippen LogP contribution in [0.25, 0.3) is 16.7 Å². The third-order valence-electron chi connectivity index (χ3n) is 6.89. The number of nitrogens with zero attached hydrogens (tertiary/aromatic N) is 5. The van der Waals surface area contributed by atoms with Gasteiger partial charge in [0, 0.05) is 19.1 Å². The second kappa shape index (κ2) is 8.74. The summed E-state index contributed by atoms with van der Waals surface area (Å²) in [4.78, 5) is 21.4. The Kier molecular flexibility index (Phi) is 5.78. The van der Waals surface area contributed by atoms with E-state index in [-0.39, 0.29) is 17.4 Å². The van der Waals surface area contributed by atoms with E-state index >= 15 is 0 Å². The largest absolute Gasteiger partial charge is 0.477 e. The number of likely N-dealkylation sites (tertiary alicyclic amines) is 1. The second-order valence-electron chi connectivity index (χ2n) is 9.44. The molecule has 1 atom stereocenters. The number of hydrogen-bond donors (Lipinski definition) is 1. The monoisotopic (exact) mass is 451 g/mol. The fourth-order valence-corrected chi connectivity index (χ4v) is 5.19. The third kappa shape index (κ3) is 4.08. The third-order valence-corrected chi connectivity index (χ3v) is 6.89. The van der Waals surface area contributed by atoms with Crippen LogP contribution >= 0.6 is 0 Å². The highest BCUT2D eigenvalue weighted by Crippen LogP contribution is 2.37. The fraction of sp³-hybridized carbons (Fsp3) is 0.480. The molecule has 8 heteroatoms. The van der Waals surface area contributed by atoms with Gasteiger partial charge in [0.25, 0.3) is 0 Å². The van der Waals surface area contributed by atoms with Crippen molar-refractivity contribution < 1.29 is 14.3 Å². The molecular weight excluding hydrogens is 421 g/mol. The Labute approximate surface area is 192 Å². The van der Waals surface area contributed by atoms with Crippen molar-refractivity contribution >= 4 is 22.7 Å². The van der Waals surface area contributed by atoms with Gasteiger partial charge in [0.05, 0.1) is 22.5 Å². The number of piperidine rings is 1. The Hall–Kier alpha value is -3.00. The van der Waals surface area contributed by atoms with Crippen molar-refractivity contribution in [2.75, 3.05) is 31.1 Å². The molecule has 0 saturated carbocycles. The number of carboxylic acid groups (broad SMARTS) is 1. The van der Waals surface area contributed by atoms with Gasteiger partial charge in [-0.2, -0.15) is 5.10 Å². The van der Waals surface area contributed by atoms with Gasteiger partial charge in [-0.1, -0.05) is 20.3 Å². The van der Waals surface area contributed by atoms with E-state index in [1.807, 2.05) is 0 Å². The standard InChI is InChI=1S/C25H30FN5O2/c1-16(2)23-22-21(30-13-10-19(15-30)29-11-4-3-5-12-29)14-20(25(32)33)27-24(22)31(28-23)18-8-6-17(26)7-9-18/h6-9,14,16,19H,3-5,10-13,15H2,1-2H3,(H,32,33)/t19-/m1/s1. The maximum absolute atomic E-state index is 13.5. The maximum atomic E-state index is 13.5. The van der Waals surface area contributed by atoms with Crippen LogP contribution in [0.3, 0.4) is 0 Å². The molecule has 2 aliphatic heterocycles. The minimum atomic E-state index is -1.07. The van der Waals surface area contributed by atoms with Gasteiger partial charge in [0.15, 0.2) is 11.3 Å². The van der Waals surface area contributed by atoms with Crippen molar-refractivity contribution in [3.05, 3.63) is 47.5 Å². The van der Waals surface area contributed by atoms with E-state index in [1.54, 1.807) is 22.9 Å². The van der Waals surface area contributed by atoms with Crippen LogP contribution in [0.4, 0.5) is 10.1 Å². The molecule has 0 spiro atoms. The lowest BCUT2D eigenvalue weighted by atomic mass is 10.1. The minimum Gasteiger partial charge on any atom is -0.477 e. The van der Waals surface area contributed by atoms with Crippen LogP contribution in [0, 0.1) is 5.82 Å². The molecule has 2 saturated heterocycles. The van der Waals surface area contributed by atoms with E-state index in [0.29, 0.717) is 17.4 Å². The zero-order valence-electron chi connectivity index (χ0n) is 19.2. The zero-order chi connectivity index (χ0) is 23.1. The van der Waals surface area contributed by atoms with Crippen LogP contribution in [0.1, 0.15) is 61.6 Å². The Bertz CT molecular complexity index is 1170. The maximum Gasteiger partial charge on any atom is 0.354 e. The number of carbonyl (C=O) groups is 1. The number of benzene rings is 1. The molecule has 2 aliphatic rings. The van der Waals surface area contributed by atoms with Gasteiger partial charge < -0.3 is 10.0 Å². The predicted octanol–water partition coefficient (Wildman–Crippen LogP) is 4.45. The Morgan fingerprint density at radius 2 is 1.85 bits per heavy atom. The Balaban J connectivity index is 1.63. The SMILES string of the molecule is CC(C)c1nn(-c2ccc(F)cc2)c2nc(C(=O)O)cc(N3CC[C@@H](N4CCCCC4)C3)c12. The first-order valence-corrected chi connectivity index (χ1v) is 11.8. The lowest BCUT2D eigenvalue weighted by Gasteiger charge is -2.32. The van der Waals surface area contributed by atoms with Crippen molar-refractivity contribution in [2.24, 2.45) is 0 Å².